The van der Waals surface area contributed by atoms with Gasteiger partial charge >= 0.3 is 0 Å². The van der Waals surface area contributed by atoms with E-state index in [9.17, 15) is 14.9 Å². The molecule has 1 aromatic heterocycles. The van der Waals surface area contributed by atoms with Crippen molar-refractivity contribution in [1.29, 1.82) is 0 Å². The first-order valence-electron chi connectivity index (χ1n) is 8.72. The molecule has 0 atom stereocenters. The number of halogens is 1. The number of amides is 1. The van der Waals surface area contributed by atoms with Crippen LogP contribution in [-0.4, -0.2) is 15.2 Å². The smallest absolute Gasteiger partial charge is 0.288 e. The van der Waals surface area contributed by atoms with E-state index >= 15 is 0 Å². The molecule has 0 N–H and O–H groups in total. The maximum absolute atomic E-state index is 12.9. The minimum Gasteiger partial charge on any atom is -0.457 e. The molecule has 9 heteroatoms. The van der Waals surface area contributed by atoms with Crippen molar-refractivity contribution in [3.05, 3.63) is 86.0 Å². The molecule has 0 bridgehead atoms. The van der Waals surface area contributed by atoms with Gasteiger partial charge in [0.1, 0.15) is 16.5 Å². The van der Waals surface area contributed by atoms with Crippen molar-refractivity contribution in [3.63, 3.8) is 0 Å². The molecule has 1 aliphatic heterocycles. The molecule has 0 spiro atoms. The number of nitrogens with zero attached hydrogens (tertiary/aromatic N) is 2. The molecule has 150 valence electrons. The van der Waals surface area contributed by atoms with Gasteiger partial charge in [0.25, 0.3) is 11.6 Å². The van der Waals surface area contributed by atoms with Crippen molar-refractivity contribution < 1.29 is 14.1 Å². The lowest BCUT2D eigenvalue weighted by molar-refractivity contribution is -0.384. The zero-order chi connectivity index (χ0) is 21.4. The second kappa shape index (κ2) is 8.06. The van der Waals surface area contributed by atoms with Crippen molar-refractivity contribution in [2.24, 2.45) is 0 Å². The van der Waals surface area contributed by atoms with Crippen molar-refractivity contribution in [2.45, 2.75) is 6.92 Å². The number of furan rings is 1. The van der Waals surface area contributed by atoms with E-state index in [0.29, 0.717) is 26.3 Å². The van der Waals surface area contributed by atoms with Gasteiger partial charge in [0, 0.05) is 17.7 Å². The molecule has 3 aromatic rings. The van der Waals surface area contributed by atoms with Crippen LogP contribution in [0.25, 0.3) is 17.4 Å². The Morgan fingerprint density at radius 3 is 2.73 bits per heavy atom. The third kappa shape index (κ3) is 3.89. The van der Waals surface area contributed by atoms with Crippen LogP contribution in [0.15, 0.2) is 63.9 Å². The summed E-state index contributed by atoms with van der Waals surface area (Å²) in [6.07, 6.45) is 1.61. The number of nitro groups is 1. The van der Waals surface area contributed by atoms with Crippen LogP contribution in [0.5, 0.6) is 0 Å². The van der Waals surface area contributed by atoms with E-state index in [2.05, 4.69) is 0 Å². The molecule has 1 saturated heterocycles. The topological polar surface area (TPSA) is 76.6 Å². The molecule has 0 aliphatic carbocycles. The molecule has 0 radical (unpaired) electrons. The van der Waals surface area contributed by atoms with E-state index in [1.54, 1.807) is 24.3 Å². The van der Waals surface area contributed by atoms with Gasteiger partial charge in [0.05, 0.1) is 15.5 Å². The van der Waals surface area contributed by atoms with Crippen molar-refractivity contribution in [2.75, 3.05) is 4.90 Å². The average Bonchev–Trinajstić information content (AvgIpc) is 3.26. The third-order valence-electron chi connectivity index (χ3n) is 4.38. The Hall–Kier alpha value is -2.94. The fourth-order valence-electron chi connectivity index (χ4n) is 2.98. The summed E-state index contributed by atoms with van der Waals surface area (Å²) in [6, 6.07) is 15.3. The summed E-state index contributed by atoms with van der Waals surface area (Å²) < 4.78 is 6.22. The summed E-state index contributed by atoms with van der Waals surface area (Å²) in [6.45, 7) is 1.95. The molecule has 30 heavy (non-hydrogen) atoms. The predicted molar refractivity (Wildman–Crippen MR) is 123 cm³/mol. The number of aryl methyl sites for hydroxylation is 1. The van der Waals surface area contributed by atoms with Gasteiger partial charge in [0.15, 0.2) is 4.32 Å². The van der Waals surface area contributed by atoms with Gasteiger partial charge in [-0.2, -0.15) is 0 Å². The van der Waals surface area contributed by atoms with E-state index in [0.717, 1.165) is 11.3 Å². The molecule has 0 unspecified atom stereocenters. The quantitative estimate of drug-likeness (QED) is 0.201. The highest BCUT2D eigenvalue weighted by Gasteiger charge is 2.33. The van der Waals surface area contributed by atoms with E-state index in [1.165, 1.54) is 28.8 Å². The molecular weight excluding hydrogens is 444 g/mol. The van der Waals surface area contributed by atoms with Gasteiger partial charge in [-0.05, 0) is 48.9 Å². The molecule has 6 nitrogen and oxygen atoms in total. The predicted octanol–water partition coefficient (Wildman–Crippen LogP) is 6.22. The Labute approximate surface area is 186 Å². The number of hydrogen-bond acceptors (Lipinski definition) is 6. The number of thiocarbonyl (C=S) groups is 1. The maximum atomic E-state index is 12.9. The number of rotatable bonds is 4. The maximum Gasteiger partial charge on any atom is 0.288 e. The minimum absolute atomic E-state index is 0.0513. The van der Waals surface area contributed by atoms with Crippen molar-refractivity contribution in [3.8, 4) is 11.3 Å². The van der Waals surface area contributed by atoms with Gasteiger partial charge in [-0.3, -0.25) is 19.8 Å². The zero-order valence-electron chi connectivity index (χ0n) is 15.5. The van der Waals surface area contributed by atoms with Crippen molar-refractivity contribution >= 4 is 63.3 Å². The first-order valence-corrected chi connectivity index (χ1v) is 10.3. The lowest BCUT2D eigenvalue weighted by Crippen LogP contribution is -2.27. The van der Waals surface area contributed by atoms with Crippen LogP contribution in [0.1, 0.15) is 11.3 Å². The van der Waals surface area contributed by atoms with Crippen LogP contribution in [-0.2, 0) is 4.79 Å². The molecule has 0 saturated carbocycles. The number of carbonyl (C=O) groups excluding carboxylic acids is 1. The van der Waals surface area contributed by atoms with Crippen LogP contribution in [0.3, 0.4) is 0 Å². The largest absolute Gasteiger partial charge is 0.457 e. The van der Waals surface area contributed by atoms with E-state index < -0.39 is 4.92 Å². The SMILES string of the molecule is Cc1cccc(N2C(=O)/C(=C/c3ccc(-c4ccc(Cl)c([N+](=O)[O-])c4)o3)SC2=S)c1. The van der Waals surface area contributed by atoms with Crippen molar-refractivity contribution in [1.82, 2.24) is 0 Å². The normalized spacial score (nSPS) is 15.3. The van der Waals surface area contributed by atoms with Gasteiger partial charge in [-0.25, -0.2) is 0 Å². The Morgan fingerprint density at radius 2 is 2.00 bits per heavy atom. The highest BCUT2D eigenvalue weighted by Crippen LogP contribution is 2.37. The lowest BCUT2D eigenvalue weighted by Gasteiger charge is -2.14. The zero-order valence-corrected chi connectivity index (χ0v) is 17.9. The van der Waals surface area contributed by atoms with Gasteiger partial charge in [-0.1, -0.05) is 47.7 Å². The van der Waals surface area contributed by atoms with E-state index in [1.807, 2.05) is 31.2 Å². The fraction of sp³-hybridized carbons (Fsp3) is 0.0476. The molecule has 1 fully saturated rings. The van der Waals surface area contributed by atoms with E-state index in [4.69, 9.17) is 28.2 Å². The minimum atomic E-state index is -0.549. The summed E-state index contributed by atoms with van der Waals surface area (Å²) in [5.41, 5.74) is 2.05. The van der Waals surface area contributed by atoms with Gasteiger partial charge in [0.2, 0.25) is 0 Å². The molecule has 4 rings (SSSR count). The standard InChI is InChI=1S/C21H13ClN2O4S2/c1-12-3-2-4-14(9-12)23-20(25)19(30-21(23)29)11-15-6-8-18(28-15)13-5-7-16(22)17(10-13)24(26)27/h2-11H,1H3/b19-11-. The Kier molecular flexibility index (Phi) is 5.46. The second-order valence-corrected chi connectivity index (χ2v) is 8.56. The molecular formula is C21H13ClN2O4S2. The number of carbonyl (C=O) groups is 1. The number of anilines is 1. The van der Waals surface area contributed by atoms with Crippen LogP contribution in [0.4, 0.5) is 11.4 Å². The summed E-state index contributed by atoms with van der Waals surface area (Å²) in [5, 5.41) is 11.2. The van der Waals surface area contributed by atoms with Gasteiger partial charge < -0.3 is 4.42 Å². The highest BCUT2D eigenvalue weighted by atomic mass is 35.5. The monoisotopic (exact) mass is 456 g/mol. The summed E-state index contributed by atoms with van der Waals surface area (Å²) in [7, 11) is 0. The number of nitro benzene ring substituents is 1. The lowest BCUT2D eigenvalue weighted by atomic mass is 10.1. The summed E-state index contributed by atoms with van der Waals surface area (Å²) >= 11 is 12.4. The Morgan fingerprint density at radius 1 is 1.20 bits per heavy atom. The Balaban J connectivity index is 1.62. The van der Waals surface area contributed by atoms with Crippen LogP contribution in [0, 0.1) is 17.0 Å². The van der Waals surface area contributed by atoms with E-state index in [-0.39, 0.29) is 16.6 Å². The highest BCUT2D eigenvalue weighted by molar-refractivity contribution is 8.27. The Bertz CT molecular complexity index is 1240. The molecule has 2 aromatic carbocycles. The first kappa shape index (κ1) is 20.3. The first-order chi connectivity index (χ1) is 14.3. The molecule has 2 heterocycles. The second-order valence-electron chi connectivity index (χ2n) is 6.48. The molecule has 1 amide bonds. The third-order valence-corrected chi connectivity index (χ3v) is 6.00. The average molecular weight is 457 g/mol. The molecule has 1 aliphatic rings. The fourth-order valence-corrected chi connectivity index (χ4v) is 4.44. The van der Waals surface area contributed by atoms with Gasteiger partial charge in [-0.15, -0.1) is 0 Å². The van der Waals surface area contributed by atoms with Crippen LogP contribution in [0.2, 0.25) is 5.02 Å². The number of hydrogen-bond donors (Lipinski definition) is 0. The van der Waals surface area contributed by atoms with Crippen LogP contribution < -0.4 is 4.90 Å². The number of benzene rings is 2. The number of thioether (sulfide) groups is 1. The van der Waals surface area contributed by atoms with Crippen LogP contribution >= 0.6 is 35.6 Å². The summed E-state index contributed by atoms with van der Waals surface area (Å²) in [4.78, 5) is 25.4. The summed E-state index contributed by atoms with van der Waals surface area (Å²) in [5.74, 6) is 0.637.